The summed E-state index contributed by atoms with van der Waals surface area (Å²) in [6.45, 7) is 1.74. The number of carbonyl (C=O) groups is 1. The minimum atomic E-state index is -0.662. The zero-order chi connectivity index (χ0) is 17.7. The van der Waals surface area contributed by atoms with E-state index in [-0.39, 0.29) is 11.4 Å². The number of amides is 1. The van der Waals surface area contributed by atoms with E-state index in [9.17, 15) is 4.79 Å². The molecule has 0 radical (unpaired) electrons. The van der Waals surface area contributed by atoms with Gasteiger partial charge in [0.05, 0.1) is 34.1 Å². The molecule has 124 valence electrons. The first-order valence-electron chi connectivity index (χ1n) is 7.31. The fraction of sp³-hybridized carbons (Fsp3) is 0.0625. The van der Waals surface area contributed by atoms with Gasteiger partial charge >= 0.3 is 0 Å². The number of anilines is 1. The molecule has 0 bridgehead atoms. The zero-order valence-corrected chi connectivity index (χ0v) is 13.8. The van der Waals surface area contributed by atoms with Gasteiger partial charge < -0.3 is 11.5 Å². The number of aryl methyl sites for hydroxylation is 1. The quantitative estimate of drug-likeness (QED) is 0.567. The molecular formula is C16H12ClN7O. The molecular weight excluding hydrogens is 342 g/mol. The monoisotopic (exact) mass is 353 g/mol. The number of rotatable bonds is 2. The van der Waals surface area contributed by atoms with Crippen LogP contribution in [0.5, 0.6) is 0 Å². The van der Waals surface area contributed by atoms with Gasteiger partial charge in [-0.25, -0.2) is 9.97 Å². The van der Waals surface area contributed by atoms with Gasteiger partial charge in [0.25, 0.3) is 5.91 Å². The maximum atomic E-state index is 11.9. The second kappa shape index (κ2) is 5.38. The SMILES string of the molecule is Cc1ncc2c(C(N)=O)c(N)n(-c3c(Cl)ccc4cnncc34)c2n1. The summed E-state index contributed by atoms with van der Waals surface area (Å²) in [6, 6.07) is 3.55. The molecule has 3 aromatic heterocycles. The predicted octanol–water partition coefficient (Wildman–Crippen LogP) is 2.01. The summed E-state index contributed by atoms with van der Waals surface area (Å²) in [5.41, 5.74) is 12.9. The largest absolute Gasteiger partial charge is 0.384 e. The van der Waals surface area contributed by atoms with Crippen LogP contribution in [0, 0.1) is 6.92 Å². The van der Waals surface area contributed by atoms with Crippen molar-refractivity contribution in [2.24, 2.45) is 5.73 Å². The number of aromatic nitrogens is 5. The van der Waals surface area contributed by atoms with Crippen LogP contribution in [-0.2, 0) is 0 Å². The van der Waals surface area contributed by atoms with Crippen LogP contribution in [0.2, 0.25) is 5.02 Å². The van der Waals surface area contributed by atoms with E-state index < -0.39 is 5.91 Å². The molecule has 4 aromatic rings. The molecule has 0 aliphatic carbocycles. The highest BCUT2D eigenvalue weighted by molar-refractivity contribution is 6.34. The Morgan fingerprint density at radius 2 is 1.92 bits per heavy atom. The lowest BCUT2D eigenvalue weighted by atomic mass is 10.1. The van der Waals surface area contributed by atoms with Crippen molar-refractivity contribution in [3.63, 3.8) is 0 Å². The van der Waals surface area contributed by atoms with Crippen molar-refractivity contribution in [3.05, 3.63) is 47.1 Å². The first-order chi connectivity index (χ1) is 12.0. The summed E-state index contributed by atoms with van der Waals surface area (Å²) in [4.78, 5) is 20.5. The van der Waals surface area contributed by atoms with Gasteiger partial charge in [0.2, 0.25) is 0 Å². The molecule has 0 aliphatic heterocycles. The Morgan fingerprint density at radius 1 is 1.16 bits per heavy atom. The van der Waals surface area contributed by atoms with Crippen molar-refractivity contribution in [1.82, 2.24) is 24.7 Å². The number of nitrogens with two attached hydrogens (primary N) is 2. The highest BCUT2D eigenvalue weighted by Gasteiger charge is 2.24. The predicted molar refractivity (Wildman–Crippen MR) is 94.6 cm³/mol. The summed E-state index contributed by atoms with van der Waals surface area (Å²) in [6.07, 6.45) is 4.73. The number of fused-ring (bicyclic) bond motifs is 2. The Bertz CT molecular complexity index is 1170. The number of primary amides is 1. The number of nitrogen functional groups attached to an aromatic ring is 1. The molecule has 8 nitrogen and oxygen atoms in total. The third-order valence-electron chi connectivity index (χ3n) is 3.99. The summed E-state index contributed by atoms with van der Waals surface area (Å²) in [7, 11) is 0. The molecule has 0 atom stereocenters. The van der Waals surface area contributed by atoms with Gasteiger partial charge in [-0.2, -0.15) is 10.2 Å². The van der Waals surface area contributed by atoms with E-state index in [0.29, 0.717) is 27.6 Å². The number of carbonyl (C=O) groups excluding carboxylic acids is 1. The lowest BCUT2D eigenvalue weighted by Gasteiger charge is -2.12. The van der Waals surface area contributed by atoms with E-state index in [4.69, 9.17) is 23.1 Å². The molecule has 0 spiro atoms. The fourth-order valence-electron chi connectivity index (χ4n) is 2.91. The van der Waals surface area contributed by atoms with Crippen molar-refractivity contribution < 1.29 is 4.79 Å². The van der Waals surface area contributed by atoms with E-state index in [1.807, 2.05) is 6.07 Å². The van der Waals surface area contributed by atoms with E-state index in [1.165, 1.54) is 6.20 Å². The zero-order valence-electron chi connectivity index (χ0n) is 13.1. The van der Waals surface area contributed by atoms with Crippen molar-refractivity contribution >= 4 is 45.1 Å². The normalized spacial score (nSPS) is 11.3. The Balaban J connectivity index is 2.23. The van der Waals surface area contributed by atoms with Crippen LogP contribution >= 0.6 is 11.6 Å². The molecule has 0 aliphatic rings. The molecule has 4 rings (SSSR count). The van der Waals surface area contributed by atoms with E-state index in [2.05, 4.69) is 20.2 Å². The Kier molecular flexibility index (Phi) is 3.29. The Labute approximate surface area is 146 Å². The van der Waals surface area contributed by atoms with Gasteiger partial charge in [-0.05, 0) is 13.0 Å². The number of nitrogens with zero attached hydrogens (tertiary/aromatic N) is 5. The maximum absolute atomic E-state index is 11.9. The minimum absolute atomic E-state index is 0.147. The van der Waals surface area contributed by atoms with Gasteiger partial charge in [0.1, 0.15) is 11.6 Å². The summed E-state index contributed by atoms with van der Waals surface area (Å²) in [5.74, 6) is 0.0110. The molecule has 0 fully saturated rings. The van der Waals surface area contributed by atoms with E-state index in [0.717, 1.165) is 10.8 Å². The smallest absolute Gasteiger partial charge is 0.253 e. The summed E-state index contributed by atoms with van der Waals surface area (Å²) < 4.78 is 1.61. The Morgan fingerprint density at radius 3 is 2.68 bits per heavy atom. The molecule has 4 N–H and O–H groups in total. The van der Waals surface area contributed by atoms with Crippen molar-refractivity contribution in [2.75, 3.05) is 5.73 Å². The van der Waals surface area contributed by atoms with Crippen LogP contribution in [0.1, 0.15) is 16.2 Å². The van der Waals surface area contributed by atoms with Crippen LogP contribution < -0.4 is 11.5 Å². The number of halogens is 1. The third kappa shape index (κ3) is 2.18. The van der Waals surface area contributed by atoms with Crippen LogP contribution in [0.15, 0.2) is 30.7 Å². The summed E-state index contributed by atoms with van der Waals surface area (Å²) in [5, 5.41) is 10.2. The maximum Gasteiger partial charge on any atom is 0.253 e. The average molecular weight is 354 g/mol. The van der Waals surface area contributed by atoms with Crippen molar-refractivity contribution in [2.45, 2.75) is 6.92 Å². The van der Waals surface area contributed by atoms with Gasteiger partial charge in [0.15, 0.2) is 5.65 Å². The molecule has 25 heavy (non-hydrogen) atoms. The molecule has 3 heterocycles. The van der Waals surface area contributed by atoms with E-state index >= 15 is 0 Å². The van der Waals surface area contributed by atoms with Gasteiger partial charge in [-0.1, -0.05) is 17.7 Å². The standard InChI is InChI=1S/C16H12ClN7O/c1-7-20-5-10-12(15(19)25)14(18)24(16(10)23-7)13-9-6-22-21-4-8(9)2-3-11(13)17/h2-6H,18H2,1H3,(H2,19,25). The highest BCUT2D eigenvalue weighted by atomic mass is 35.5. The van der Waals surface area contributed by atoms with E-state index in [1.54, 1.807) is 30.0 Å². The first-order valence-corrected chi connectivity index (χ1v) is 7.69. The minimum Gasteiger partial charge on any atom is -0.384 e. The molecule has 9 heteroatoms. The van der Waals surface area contributed by atoms with Crippen molar-refractivity contribution in [1.29, 1.82) is 0 Å². The van der Waals surface area contributed by atoms with Crippen LogP contribution in [-0.4, -0.2) is 30.6 Å². The molecule has 0 saturated carbocycles. The van der Waals surface area contributed by atoms with Crippen molar-refractivity contribution in [3.8, 4) is 5.69 Å². The summed E-state index contributed by atoms with van der Waals surface area (Å²) >= 11 is 6.45. The second-order valence-corrected chi connectivity index (χ2v) is 5.91. The lowest BCUT2D eigenvalue weighted by Crippen LogP contribution is -2.13. The third-order valence-corrected chi connectivity index (χ3v) is 4.29. The van der Waals surface area contributed by atoms with Crippen LogP contribution in [0.3, 0.4) is 0 Å². The second-order valence-electron chi connectivity index (χ2n) is 5.50. The molecule has 0 unspecified atom stereocenters. The lowest BCUT2D eigenvalue weighted by molar-refractivity contribution is 0.100. The number of hydrogen-bond donors (Lipinski definition) is 2. The van der Waals surface area contributed by atoms with Gasteiger partial charge in [-0.15, -0.1) is 0 Å². The number of benzene rings is 1. The van der Waals surface area contributed by atoms with Crippen LogP contribution in [0.25, 0.3) is 27.5 Å². The Hall–Kier alpha value is -3.26. The average Bonchev–Trinajstić information content (AvgIpc) is 2.86. The van der Waals surface area contributed by atoms with Gasteiger partial charge in [-0.3, -0.25) is 9.36 Å². The molecule has 1 aromatic carbocycles. The number of hydrogen-bond acceptors (Lipinski definition) is 6. The topological polar surface area (TPSA) is 126 Å². The fourth-order valence-corrected chi connectivity index (χ4v) is 3.16. The molecule has 1 amide bonds. The first kappa shape index (κ1) is 15.3. The van der Waals surface area contributed by atoms with Gasteiger partial charge in [0, 0.05) is 17.0 Å². The highest BCUT2D eigenvalue weighted by Crippen LogP contribution is 2.36. The van der Waals surface area contributed by atoms with Crippen LogP contribution in [0.4, 0.5) is 5.82 Å². The molecule has 0 saturated heterocycles.